The maximum absolute atomic E-state index is 9.11. The van der Waals surface area contributed by atoms with Crippen LogP contribution in [0.4, 0.5) is 0 Å². The van der Waals surface area contributed by atoms with Crippen LogP contribution in [0.15, 0.2) is 0 Å². The van der Waals surface area contributed by atoms with Crippen LogP contribution in [-0.2, 0) is 0 Å². The molecular weight excluding hydrogens is 136 g/mol. The lowest BCUT2D eigenvalue weighted by atomic mass is 10.1. The van der Waals surface area contributed by atoms with E-state index in [9.17, 15) is 0 Å². The lowest BCUT2D eigenvalue weighted by Crippen LogP contribution is -2.19. The minimum atomic E-state index is -0.396. The van der Waals surface area contributed by atoms with Crippen molar-refractivity contribution in [3.63, 3.8) is 0 Å². The van der Waals surface area contributed by atoms with Crippen molar-refractivity contribution in [1.29, 1.82) is 0 Å². The molecule has 2 N–H and O–H groups in total. The predicted octanol–water partition coefficient (Wildman–Crippen LogP) is 0.296. The molecule has 56 valence electrons. The second-order valence-electron chi connectivity index (χ2n) is 2.24. The first-order valence-electron chi connectivity index (χ1n) is 3.12. The van der Waals surface area contributed by atoms with Crippen LogP contribution in [0, 0.1) is 5.92 Å². The van der Waals surface area contributed by atoms with Crippen molar-refractivity contribution < 1.29 is 10.2 Å². The normalized spacial score (nSPS) is 17.3. The van der Waals surface area contributed by atoms with Crippen molar-refractivity contribution in [3.8, 4) is 0 Å². The monoisotopic (exact) mass is 150 g/mol. The van der Waals surface area contributed by atoms with Gasteiger partial charge in [0.05, 0.1) is 6.10 Å². The molecule has 0 radical (unpaired) electrons. The molecule has 0 amide bonds. The molecule has 3 heteroatoms. The molecule has 0 aliphatic carbocycles. The number of rotatable bonds is 4. The molecule has 0 spiro atoms. The summed E-state index contributed by atoms with van der Waals surface area (Å²) in [6.45, 7) is 1.96. The number of thiol groups is 1. The van der Waals surface area contributed by atoms with Crippen molar-refractivity contribution >= 4 is 12.6 Å². The lowest BCUT2D eigenvalue weighted by molar-refractivity contribution is 0.0950. The average Bonchev–Trinajstić information content (AvgIpc) is 1.87. The third-order valence-electron chi connectivity index (χ3n) is 1.37. The van der Waals surface area contributed by atoms with Gasteiger partial charge < -0.3 is 10.2 Å². The first-order valence-corrected chi connectivity index (χ1v) is 3.75. The highest BCUT2D eigenvalue weighted by Gasteiger charge is 2.10. The summed E-state index contributed by atoms with van der Waals surface area (Å²) in [4.78, 5) is 0. The van der Waals surface area contributed by atoms with Crippen molar-refractivity contribution in [2.75, 3.05) is 12.4 Å². The largest absolute Gasteiger partial charge is 0.396 e. The molecule has 0 saturated heterocycles. The van der Waals surface area contributed by atoms with Crippen LogP contribution in [0.5, 0.6) is 0 Å². The van der Waals surface area contributed by atoms with E-state index in [1.165, 1.54) is 0 Å². The Bertz CT molecular complexity index is 68.1. The quantitative estimate of drug-likeness (QED) is 0.504. The summed E-state index contributed by atoms with van der Waals surface area (Å²) in [5.74, 6) is 0.849. The van der Waals surface area contributed by atoms with E-state index in [1.807, 2.05) is 6.92 Å². The summed E-state index contributed by atoms with van der Waals surface area (Å²) in [5, 5.41) is 17.5. The second kappa shape index (κ2) is 5.09. The van der Waals surface area contributed by atoms with Crippen molar-refractivity contribution in [2.24, 2.45) is 5.92 Å². The van der Waals surface area contributed by atoms with Crippen LogP contribution in [-0.4, -0.2) is 28.7 Å². The molecule has 0 bridgehead atoms. The third kappa shape index (κ3) is 3.78. The summed E-state index contributed by atoms with van der Waals surface area (Å²) in [6, 6.07) is 0. The van der Waals surface area contributed by atoms with Gasteiger partial charge in [-0.1, -0.05) is 6.92 Å². The summed E-state index contributed by atoms with van der Waals surface area (Å²) in [6.07, 6.45) is 0.0642. The molecule has 9 heavy (non-hydrogen) atoms. The predicted molar refractivity (Wildman–Crippen MR) is 40.7 cm³/mol. The maximum atomic E-state index is 9.11. The zero-order chi connectivity index (χ0) is 7.28. The molecule has 0 heterocycles. The van der Waals surface area contributed by atoms with Crippen LogP contribution >= 0.6 is 12.6 Å². The molecule has 0 aliphatic rings. The van der Waals surface area contributed by atoms with E-state index in [0.29, 0.717) is 12.2 Å². The molecule has 2 unspecified atom stereocenters. The molecular formula is C6H14O2S. The zero-order valence-electron chi connectivity index (χ0n) is 5.62. The maximum Gasteiger partial charge on any atom is 0.0595 e. The molecule has 2 nitrogen and oxygen atoms in total. The number of hydrogen-bond donors (Lipinski definition) is 3. The molecule has 0 fully saturated rings. The van der Waals surface area contributed by atoms with Crippen LogP contribution in [0.3, 0.4) is 0 Å². The SMILES string of the molecule is CC(CS)C(O)CCO. The molecule has 2 atom stereocenters. The number of aliphatic hydroxyl groups is 2. The van der Waals surface area contributed by atoms with Gasteiger partial charge in [-0.05, 0) is 18.1 Å². The highest BCUT2D eigenvalue weighted by molar-refractivity contribution is 7.80. The van der Waals surface area contributed by atoms with Gasteiger partial charge in [-0.25, -0.2) is 0 Å². The lowest BCUT2D eigenvalue weighted by Gasteiger charge is -2.14. The fourth-order valence-electron chi connectivity index (χ4n) is 0.538. The van der Waals surface area contributed by atoms with Crippen molar-refractivity contribution in [2.45, 2.75) is 19.4 Å². The van der Waals surface area contributed by atoms with Gasteiger partial charge in [-0.2, -0.15) is 12.6 Å². The highest BCUT2D eigenvalue weighted by atomic mass is 32.1. The van der Waals surface area contributed by atoms with Crippen molar-refractivity contribution in [1.82, 2.24) is 0 Å². The summed E-state index contributed by atoms with van der Waals surface area (Å²) < 4.78 is 0. The Labute approximate surface area is 61.3 Å². The fourth-order valence-corrected chi connectivity index (χ4v) is 0.782. The molecule has 0 aliphatic heterocycles. The molecule has 0 rings (SSSR count). The Morgan fingerprint density at radius 3 is 2.44 bits per heavy atom. The van der Waals surface area contributed by atoms with Crippen molar-refractivity contribution in [3.05, 3.63) is 0 Å². The Morgan fingerprint density at radius 1 is 1.56 bits per heavy atom. The van der Waals surface area contributed by atoms with Gasteiger partial charge in [0.1, 0.15) is 0 Å². The Morgan fingerprint density at radius 2 is 2.11 bits per heavy atom. The fraction of sp³-hybridized carbons (Fsp3) is 1.00. The minimum Gasteiger partial charge on any atom is -0.396 e. The summed E-state index contributed by atoms with van der Waals surface area (Å²) in [7, 11) is 0. The smallest absolute Gasteiger partial charge is 0.0595 e. The topological polar surface area (TPSA) is 40.5 Å². The van der Waals surface area contributed by atoms with E-state index < -0.39 is 6.10 Å². The third-order valence-corrected chi connectivity index (χ3v) is 1.95. The Kier molecular flexibility index (Phi) is 5.24. The van der Waals surface area contributed by atoms with Crippen LogP contribution in [0.2, 0.25) is 0 Å². The van der Waals surface area contributed by atoms with Gasteiger partial charge in [0.15, 0.2) is 0 Å². The molecule has 0 saturated carbocycles. The van der Waals surface area contributed by atoms with E-state index in [0.717, 1.165) is 0 Å². The standard InChI is InChI=1S/C6H14O2S/c1-5(4-9)6(8)2-3-7/h5-9H,2-4H2,1H3. The van der Waals surface area contributed by atoms with E-state index in [2.05, 4.69) is 12.6 Å². The van der Waals surface area contributed by atoms with E-state index in [1.54, 1.807) is 0 Å². The van der Waals surface area contributed by atoms with Gasteiger partial charge in [0, 0.05) is 6.61 Å². The molecule has 0 aromatic rings. The van der Waals surface area contributed by atoms with Crippen LogP contribution in [0.25, 0.3) is 0 Å². The molecule has 0 aromatic carbocycles. The number of hydrogen-bond acceptors (Lipinski definition) is 3. The highest BCUT2D eigenvalue weighted by Crippen LogP contribution is 2.07. The number of aliphatic hydroxyl groups excluding tert-OH is 2. The second-order valence-corrected chi connectivity index (χ2v) is 2.60. The van der Waals surface area contributed by atoms with E-state index in [4.69, 9.17) is 10.2 Å². The van der Waals surface area contributed by atoms with Gasteiger partial charge in [0.25, 0.3) is 0 Å². The minimum absolute atomic E-state index is 0.0548. The summed E-state index contributed by atoms with van der Waals surface area (Å²) >= 11 is 4.01. The van der Waals surface area contributed by atoms with E-state index >= 15 is 0 Å². The Balaban J connectivity index is 3.32. The van der Waals surface area contributed by atoms with Gasteiger partial charge in [0.2, 0.25) is 0 Å². The first kappa shape index (κ1) is 9.27. The first-order chi connectivity index (χ1) is 4.22. The van der Waals surface area contributed by atoms with Gasteiger partial charge in [-0.15, -0.1) is 0 Å². The van der Waals surface area contributed by atoms with Gasteiger partial charge in [-0.3, -0.25) is 0 Å². The Hall–Kier alpha value is 0.270. The van der Waals surface area contributed by atoms with Crippen LogP contribution in [0.1, 0.15) is 13.3 Å². The van der Waals surface area contributed by atoms with E-state index in [-0.39, 0.29) is 12.5 Å². The summed E-state index contributed by atoms with van der Waals surface area (Å²) in [5.41, 5.74) is 0. The average molecular weight is 150 g/mol. The molecule has 0 aromatic heterocycles. The zero-order valence-corrected chi connectivity index (χ0v) is 6.51. The van der Waals surface area contributed by atoms with Gasteiger partial charge >= 0.3 is 0 Å². The van der Waals surface area contributed by atoms with Crippen LogP contribution < -0.4 is 0 Å².